The molecule has 0 aromatic heterocycles. The van der Waals surface area contributed by atoms with Gasteiger partial charge in [0, 0.05) is 26.7 Å². The summed E-state index contributed by atoms with van der Waals surface area (Å²) in [5.74, 6) is 0.675. The molecule has 0 unspecified atom stereocenters. The lowest BCUT2D eigenvalue weighted by molar-refractivity contribution is -0.184. The van der Waals surface area contributed by atoms with Crippen molar-refractivity contribution in [3.05, 3.63) is 33.7 Å². The van der Waals surface area contributed by atoms with Crippen LogP contribution in [0.1, 0.15) is 46.5 Å². The smallest absolute Gasteiger partial charge is 0.178 e. The van der Waals surface area contributed by atoms with Crippen LogP contribution in [0.3, 0.4) is 0 Å². The molecule has 4 aliphatic carbocycles. The highest BCUT2D eigenvalue weighted by molar-refractivity contribution is 8.03. The standard InChI is InChI=1S/C21H26ClFO2S/c1-4-26-18-16(22)10-15-14-6-5-12-9-13(24)7-8-20(12,3)21(14,23)17(25)11-19(15,18)2/h7-9,14-15,17,25H,4-6,10-11H2,1-3H3/t14-,15-,17-,19-,20-,21-/m0/s1. The van der Waals surface area contributed by atoms with Crippen molar-refractivity contribution in [1.29, 1.82) is 0 Å². The Bertz CT molecular complexity index is 759. The molecule has 0 aromatic carbocycles. The van der Waals surface area contributed by atoms with Gasteiger partial charge in [-0.2, -0.15) is 0 Å². The molecule has 0 radical (unpaired) electrons. The molecule has 2 fully saturated rings. The maximum absolute atomic E-state index is 16.8. The molecule has 0 amide bonds. The van der Waals surface area contributed by atoms with E-state index >= 15 is 4.39 Å². The van der Waals surface area contributed by atoms with Gasteiger partial charge in [0.05, 0.1) is 6.10 Å². The quantitative estimate of drug-likeness (QED) is 0.699. The van der Waals surface area contributed by atoms with Gasteiger partial charge in [-0.15, -0.1) is 11.8 Å². The van der Waals surface area contributed by atoms with Crippen LogP contribution in [0.15, 0.2) is 33.7 Å². The first-order valence-electron chi connectivity index (χ1n) is 9.51. The summed E-state index contributed by atoms with van der Waals surface area (Å²) in [7, 11) is 0. The normalized spacial score (nSPS) is 47.4. The predicted octanol–water partition coefficient (Wildman–Crippen LogP) is 5.17. The molecule has 0 bridgehead atoms. The molecule has 0 heterocycles. The Labute approximate surface area is 163 Å². The monoisotopic (exact) mass is 396 g/mol. The van der Waals surface area contributed by atoms with Gasteiger partial charge in [0.25, 0.3) is 0 Å². The molecule has 4 aliphatic rings. The van der Waals surface area contributed by atoms with E-state index in [-0.39, 0.29) is 23.0 Å². The highest BCUT2D eigenvalue weighted by atomic mass is 35.5. The van der Waals surface area contributed by atoms with Crippen molar-refractivity contribution < 1.29 is 14.3 Å². The number of carbonyl (C=O) groups is 1. The highest BCUT2D eigenvalue weighted by Crippen LogP contribution is 2.70. The molecule has 0 aromatic rings. The minimum atomic E-state index is -1.76. The van der Waals surface area contributed by atoms with Gasteiger partial charge < -0.3 is 5.11 Å². The maximum Gasteiger partial charge on any atom is 0.178 e. The third kappa shape index (κ3) is 2.18. The zero-order valence-corrected chi connectivity index (χ0v) is 17.1. The van der Waals surface area contributed by atoms with Crippen molar-refractivity contribution in [3.63, 3.8) is 0 Å². The molecule has 5 heteroatoms. The van der Waals surface area contributed by atoms with E-state index in [2.05, 4.69) is 13.8 Å². The fourth-order valence-corrected chi connectivity index (χ4v) is 7.82. The summed E-state index contributed by atoms with van der Waals surface area (Å²) in [6.45, 7) is 6.10. The molecular formula is C21H26ClFO2S. The number of ketones is 1. The van der Waals surface area contributed by atoms with Crippen LogP contribution in [0.25, 0.3) is 0 Å². The minimum Gasteiger partial charge on any atom is -0.390 e. The number of alkyl halides is 1. The molecule has 2 nitrogen and oxygen atoms in total. The maximum atomic E-state index is 16.8. The Kier molecular flexibility index (Phi) is 4.30. The lowest BCUT2D eigenvalue weighted by Crippen LogP contribution is -2.66. The Morgan fingerprint density at radius 1 is 1.38 bits per heavy atom. The largest absolute Gasteiger partial charge is 0.390 e. The number of hydrogen-bond acceptors (Lipinski definition) is 3. The van der Waals surface area contributed by atoms with Crippen molar-refractivity contribution >= 4 is 29.1 Å². The Balaban J connectivity index is 1.80. The lowest BCUT2D eigenvalue weighted by Gasteiger charge is -2.61. The van der Waals surface area contributed by atoms with E-state index in [4.69, 9.17) is 11.6 Å². The van der Waals surface area contributed by atoms with Crippen LogP contribution in [-0.4, -0.2) is 28.4 Å². The number of rotatable bonds is 2. The lowest BCUT2D eigenvalue weighted by atomic mass is 9.46. The van der Waals surface area contributed by atoms with Gasteiger partial charge in [-0.3, -0.25) is 4.79 Å². The molecule has 1 N–H and O–H groups in total. The van der Waals surface area contributed by atoms with Crippen molar-refractivity contribution in [2.45, 2.75) is 58.2 Å². The summed E-state index contributed by atoms with van der Waals surface area (Å²) < 4.78 is 16.8. The number of halogens is 2. The van der Waals surface area contributed by atoms with Crippen LogP contribution in [-0.2, 0) is 4.79 Å². The molecule has 0 aliphatic heterocycles. The number of fused-ring (bicyclic) bond motifs is 5. The van der Waals surface area contributed by atoms with Gasteiger partial charge in [0.2, 0.25) is 0 Å². The van der Waals surface area contributed by atoms with Gasteiger partial charge >= 0.3 is 0 Å². The molecule has 2 saturated carbocycles. The summed E-state index contributed by atoms with van der Waals surface area (Å²) in [5.41, 5.74) is -2.12. The SMILES string of the molecule is CCSC1=C(Cl)C[C@H]2[C@@H]3CCC4=CC(=O)C=C[C@]4(C)[C@@]3(F)[C@@H](O)C[C@]12C. The summed E-state index contributed by atoms with van der Waals surface area (Å²) in [5, 5.41) is 12.0. The molecule has 0 saturated heterocycles. The van der Waals surface area contributed by atoms with Gasteiger partial charge in [-0.1, -0.05) is 37.1 Å². The van der Waals surface area contributed by atoms with Gasteiger partial charge in [-0.05, 0) is 56.4 Å². The minimum absolute atomic E-state index is 0.0816. The van der Waals surface area contributed by atoms with Crippen molar-refractivity contribution in [2.75, 3.05) is 5.75 Å². The second kappa shape index (κ2) is 5.96. The molecule has 26 heavy (non-hydrogen) atoms. The third-order valence-corrected chi connectivity index (χ3v) is 9.23. The second-order valence-electron chi connectivity index (χ2n) is 8.64. The van der Waals surface area contributed by atoms with E-state index in [0.29, 0.717) is 25.7 Å². The summed E-state index contributed by atoms with van der Waals surface area (Å²) in [6.07, 6.45) is 6.11. The Morgan fingerprint density at radius 2 is 2.12 bits per heavy atom. The molecule has 142 valence electrons. The average Bonchev–Trinajstić information content (AvgIpc) is 2.82. The third-order valence-electron chi connectivity index (χ3n) is 7.48. The van der Waals surface area contributed by atoms with E-state index in [9.17, 15) is 9.90 Å². The van der Waals surface area contributed by atoms with E-state index < -0.39 is 17.2 Å². The van der Waals surface area contributed by atoms with E-state index in [0.717, 1.165) is 21.3 Å². The predicted molar refractivity (Wildman–Crippen MR) is 105 cm³/mol. The number of aliphatic hydroxyl groups is 1. The second-order valence-corrected chi connectivity index (χ2v) is 10.4. The number of hydrogen-bond donors (Lipinski definition) is 1. The summed E-state index contributed by atoms with van der Waals surface area (Å²) >= 11 is 8.36. The topological polar surface area (TPSA) is 37.3 Å². The zero-order chi connectivity index (χ0) is 18.9. The first-order chi connectivity index (χ1) is 12.2. The highest BCUT2D eigenvalue weighted by Gasteiger charge is 2.69. The molecule has 4 rings (SSSR count). The summed E-state index contributed by atoms with van der Waals surface area (Å²) in [6, 6.07) is 0. The van der Waals surface area contributed by atoms with Crippen LogP contribution < -0.4 is 0 Å². The van der Waals surface area contributed by atoms with E-state index in [1.807, 2.05) is 6.92 Å². The average molecular weight is 397 g/mol. The number of aliphatic hydroxyl groups excluding tert-OH is 1. The fourth-order valence-electron chi connectivity index (χ4n) is 6.18. The van der Waals surface area contributed by atoms with Crippen molar-refractivity contribution in [2.24, 2.45) is 22.7 Å². The summed E-state index contributed by atoms with van der Waals surface area (Å²) in [4.78, 5) is 13.0. The van der Waals surface area contributed by atoms with Crippen molar-refractivity contribution in [1.82, 2.24) is 0 Å². The fraction of sp³-hybridized carbons (Fsp3) is 0.667. The molecular weight excluding hydrogens is 371 g/mol. The van der Waals surface area contributed by atoms with E-state index in [1.54, 1.807) is 23.9 Å². The van der Waals surface area contributed by atoms with Crippen LogP contribution >= 0.6 is 23.4 Å². The zero-order valence-electron chi connectivity index (χ0n) is 15.5. The molecule has 6 atom stereocenters. The van der Waals surface area contributed by atoms with Crippen LogP contribution in [0, 0.1) is 22.7 Å². The number of thioether (sulfide) groups is 1. The first-order valence-corrected chi connectivity index (χ1v) is 10.9. The van der Waals surface area contributed by atoms with E-state index in [1.165, 1.54) is 6.08 Å². The Hall–Kier alpha value is -0.580. The number of allylic oxidation sites excluding steroid dienone is 6. The Morgan fingerprint density at radius 3 is 2.81 bits per heavy atom. The van der Waals surface area contributed by atoms with Crippen LogP contribution in [0.5, 0.6) is 0 Å². The van der Waals surface area contributed by atoms with Crippen molar-refractivity contribution in [3.8, 4) is 0 Å². The van der Waals surface area contributed by atoms with Gasteiger partial charge in [-0.25, -0.2) is 4.39 Å². The van der Waals surface area contributed by atoms with Gasteiger partial charge in [0.15, 0.2) is 11.5 Å². The van der Waals surface area contributed by atoms with Crippen LogP contribution in [0.2, 0.25) is 0 Å². The molecule has 0 spiro atoms. The first kappa shape index (κ1) is 18.8. The number of carbonyl (C=O) groups excluding carboxylic acids is 1. The van der Waals surface area contributed by atoms with Gasteiger partial charge in [0.1, 0.15) is 0 Å². The van der Waals surface area contributed by atoms with Crippen LogP contribution in [0.4, 0.5) is 4.39 Å².